The number of nitrogens with one attached hydrogen (secondary N) is 1. The molecule has 17 heavy (non-hydrogen) atoms. The molecule has 0 spiro atoms. The predicted octanol–water partition coefficient (Wildman–Crippen LogP) is 1.40. The maximum absolute atomic E-state index is 12.2. The molecule has 0 saturated carbocycles. The van der Waals surface area contributed by atoms with Gasteiger partial charge in [0.15, 0.2) is 5.78 Å². The second kappa shape index (κ2) is 5.11. The van der Waals surface area contributed by atoms with E-state index in [1.54, 1.807) is 0 Å². The molecule has 1 N–H and O–H groups in total. The SMILES string of the molecule is C[NH+](C)/C=C/C=C1/CCc2ccccc2C1=O. The van der Waals surface area contributed by atoms with Gasteiger partial charge in [-0.2, -0.15) is 0 Å². The third-order valence-corrected chi connectivity index (χ3v) is 2.94. The number of ketones is 1. The van der Waals surface area contributed by atoms with Crippen molar-refractivity contribution in [3.8, 4) is 0 Å². The van der Waals surface area contributed by atoms with Crippen molar-refractivity contribution in [1.82, 2.24) is 0 Å². The van der Waals surface area contributed by atoms with E-state index < -0.39 is 0 Å². The molecule has 88 valence electrons. The minimum atomic E-state index is 0.185. The van der Waals surface area contributed by atoms with Gasteiger partial charge in [-0.05, 0) is 30.6 Å². The van der Waals surface area contributed by atoms with Crippen LogP contribution in [0.25, 0.3) is 0 Å². The lowest BCUT2D eigenvalue weighted by molar-refractivity contribution is -0.801. The summed E-state index contributed by atoms with van der Waals surface area (Å²) in [4.78, 5) is 13.4. The number of aryl methyl sites for hydroxylation is 1. The van der Waals surface area contributed by atoms with Gasteiger partial charge in [0.1, 0.15) is 0 Å². The van der Waals surface area contributed by atoms with Gasteiger partial charge in [0.25, 0.3) is 0 Å². The van der Waals surface area contributed by atoms with Gasteiger partial charge in [-0.1, -0.05) is 24.3 Å². The topological polar surface area (TPSA) is 21.5 Å². The van der Waals surface area contributed by atoms with Crippen LogP contribution in [0.15, 0.2) is 48.2 Å². The number of Topliss-reactive ketones (excluding diaryl/α,β-unsaturated/α-hetero) is 1. The number of rotatable bonds is 2. The zero-order valence-corrected chi connectivity index (χ0v) is 10.4. The van der Waals surface area contributed by atoms with E-state index in [1.165, 1.54) is 10.5 Å². The average Bonchev–Trinajstić information content (AvgIpc) is 2.32. The molecule has 1 aliphatic rings. The third-order valence-electron chi connectivity index (χ3n) is 2.94. The largest absolute Gasteiger partial charge is 0.314 e. The zero-order chi connectivity index (χ0) is 12.3. The first-order valence-electron chi connectivity index (χ1n) is 5.98. The molecule has 0 aromatic heterocycles. The van der Waals surface area contributed by atoms with Crippen LogP contribution in [0.2, 0.25) is 0 Å². The number of allylic oxidation sites excluding steroid dienone is 3. The lowest BCUT2D eigenvalue weighted by atomic mass is 9.87. The van der Waals surface area contributed by atoms with E-state index in [0.29, 0.717) is 0 Å². The number of carbonyl (C=O) groups is 1. The fourth-order valence-electron chi connectivity index (χ4n) is 2.03. The van der Waals surface area contributed by atoms with Crippen LogP contribution in [0.3, 0.4) is 0 Å². The summed E-state index contributed by atoms with van der Waals surface area (Å²) < 4.78 is 0. The highest BCUT2D eigenvalue weighted by Gasteiger charge is 2.20. The lowest BCUT2D eigenvalue weighted by Crippen LogP contribution is -3.00. The fraction of sp³-hybridized carbons (Fsp3) is 0.267. The van der Waals surface area contributed by atoms with Gasteiger partial charge in [0.05, 0.1) is 20.3 Å². The van der Waals surface area contributed by atoms with E-state index in [2.05, 4.69) is 0 Å². The minimum Gasteiger partial charge on any atom is -0.314 e. The van der Waals surface area contributed by atoms with Crippen molar-refractivity contribution >= 4 is 5.78 Å². The zero-order valence-electron chi connectivity index (χ0n) is 10.4. The van der Waals surface area contributed by atoms with Crippen molar-refractivity contribution in [2.45, 2.75) is 12.8 Å². The number of fused-ring (bicyclic) bond motifs is 1. The van der Waals surface area contributed by atoms with Gasteiger partial charge >= 0.3 is 0 Å². The van der Waals surface area contributed by atoms with Crippen LogP contribution in [-0.2, 0) is 6.42 Å². The number of hydrogen-bond donors (Lipinski definition) is 1. The Balaban J connectivity index is 2.23. The molecule has 2 rings (SSSR count). The van der Waals surface area contributed by atoms with Crippen molar-refractivity contribution in [2.75, 3.05) is 14.1 Å². The molecule has 0 atom stereocenters. The Morgan fingerprint density at radius 1 is 1.18 bits per heavy atom. The van der Waals surface area contributed by atoms with Gasteiger partial charge in [-0.15, -0.1) is 0 Å². The molecule has 1 aromatic rings. The van der Waals surface area contributed by atoms with Gasteiger partial charge in [0.2, 0.25) is 0 Å². The Bertz CT molecular complexity index is 483. The molecule has 0 bridgehead atoms. The molecule has 2 nitrogen and oxygen atoms in total. The summed E-state index contributed by atoms with van der Waals surface area (Å²) in [5, 5.41) is 0. The highest BCUT2D eigenvalue weighted by Crippen LogP contribution is 2.24. The first-order chi connectivity index (χ1) is 8.18. The minimum absolute atomic E-state index is 0.185. The molecule has 0 saturated heterocycles. The van der Waals surface area contributed by atoms with Crippen molar-refractivity contribution < 1.29 is 9.69 Å². The van der Waals surface area contributed by atoms with Crippen molar-refractivity contribution in [1.29, 1.82) is 0 Å². The Morgan fingerprint density at radius 2 is 1.94 bits per heavy atom. The Kier molecular flexibility index (Phi) is 3.55. The predicted molar refractivity (Wildman–Crippen MR) is 69.1 cm³/mol. The van der Waals surface area contributed by atoms with Gasteiger partial charge in [0, 0.05) is 11.1 Å². The summed E-state index contributed by atoms with van der Waals surface area (Å²) in [5.41, 5.74) is 2.97. The van der Waals surface area contributed by atoms with E-state index in [4.69, 9.17) is 0 Å². The highest BCUT2D eigenvalue weighted by atomic mass is 16.1. The molecule has 0 aliphatic heterocycles. The molecule has 0 amide bonds. The van der Waals surface area contributed by atoms with E-state index in [0.717, 1.165) is 24.0 Å². The van der Waals surface area contributed by atoms with E-state index in [-0.39, 0.29) is 5.78 Å². The first-order valence-corrected chi connectivity index (χ1v) is 5.98. The van der Waals surface area contributed by atoms with Gasteiger partial charge < -0.3 is 4.90 Å². The van der Waals surface area contributed by atoms with Crippen LogP contribution >= 0.6 is 0 Å². The molecule has 0 unspecified atom stereocenters. The van der Waals surface area contributed by atoms with Crippen LogP contribution in [0.5, 0.6) is 0 Å². The van der Waals surface area contributed by atoms with Gasteiger partial charge in [-0.25, -0.2) is 0 Å². The molecule has 1 aliphatic carbocycles. The van der Waals surface area contributed by atoms with Crippen molar-refractivity contribution in [3.63, 3.8) is 0 Å². The highest BCUT2D eigenvalue weighted by molar-refractivity contribution is 6.10. The fourth-order valence-corrected chi connectivity index (χ4v) is 2.03. The molecule has 0 fully saturated rings. The third kappa shape index (κ3) is 2.71. The summed E-state index contributed by atoms with van der Waals surface area (Å²) in [6.07, 6.45) is 7.77. The second-order valence-electron chi connectivity index (χ2n) is 4.61. The molecule has 1 aromatic carbocycles. The molecule has 0 heterocycles. The Hall–Kier alpha value is -1.67. The monoisotopic (exact) mass is 228 g/mol. The summed E-state index contributed by atoms with van der Waals surface area (Å²) in [6, 6.07) is 7.89. The quantitative estimate of drug-likeness (QED) is 0.759. The van der Waals surface area contributed by atoms with Crippen LogP contribution in [-0.4, -0.2) is 19.9 Å². The smallest absolute Gasteiger partial charge is 0.189 e. The maximum atomic E-state index is 12.2. The lowest BCUT2D eigenvalue weighted by Gasteiger charge is -2.16. The molecular formula is C15H18NO+. The van der Waals surface area contributed by atoms with Crippen LogP contribution in [0, 0.1) is 0 Å². The summed E-state index contributed by atoms with van der Waals surface area (Å²) in [7, 11) is 4.10. The molecule has 2 heteroatoms. The Labute approximate surface area is 102 Å². The average molecular weight is 228 g/mol. The number of quaternary nitrogens is 1. The first kappa shape index (κ1) is 11.8. The Morgan fingerprint density at radius 3 is 2.71 bits per heavy atom. The van der Waals surface area contributed by atoms with Crippen LogP contribution < -0.4 is 4.90 Å². The summed E-state index contributed by atoms with van der Waals surface area (Å²) in [6.45, 7) is 0. The number of benzene rings is 1. The van der Waals surface area contributed by atoms with E-state index in [1.807, 2.05) is 56.7 Å². The van der Waals surface area contributed by atoms with Crippen LogP contribution in [0.4, 0.5) is 0 Å². The maximum Gasteiger partial charge on any atom is 0.189 e. The summed E-state index contributed by atoms with van der Waals surface area (Å²) >= 11 is 0. The van der Waals surface area contributed by atoms with E-state index >= 15 is 0 Å². The van der Waals surface area contributed by atoms with Gasteiger partial charge in [-0.3, -0.25) is 4.79 Å². The molecule has 0 radical (unpaired) electrons. The second-order valence-corrected chi connectivity index (χ2v) is 4.61. The normalized spacial score (nSPS) is 18.1. The standard InChI is InChI=1S/C15H17NO/c1-16(2)11-5-7-13-10-9-12-6-3-4-8-14(12)15(13)17/h3-8,11H,9-10H2,1-2H3/p+1/b11-5+,13-7-. The van der Waals surface area contributed by atoms with E-state index in [9.17, 15) is 4.79 Å². The van der Waals surface area contributed by atoms with Crippen LogP contribution in [0.1, 0.15) is 22.3 Å². The number of carbonyl (C=O) groups excluding carboxylic acids is 1. The summed E-state index contributed by atoms with van der Waals surface area (Å²) in [5.74, 6) is 0.185. The molecular weight excluding hydrogens is 210 g/mol. The van der Waals surface area contributed by atoms with Crippen molar-refractivity contribution in [2.24, 2.45) is 0 Å². The van der Waals surface area contributed by atoms with Crippen molar-refractivity contribution in [3.05, 3.63) is 59.3 Å². The number of hydrogen-bond acceptors (Lipinski definition) is 1.